The van der Waals surface area contributed by atoms with Crippen LogP contribution in [0.5, 0.6) is 0 Å². The second kappa shape index (κ2) is 6.89. The highest BCUT2D eigenvalue weighted by Crippen LogP contribution is 2.16. The van der Waals surface area contributed by atoms with Crippen molar-refractivity contribution in [1.29, 1.82) is 0 Å². The standard InChI is InChI=1S/C13H19FN2O/c1-3-4-8-15-13(17)9-16-12-7-5-6-11(14)10(12)2/h5-7,16H,3-4,8-9H2,1-2H3,(H,15,17). The molecule has 1 amide bonds. The van der Waals surface area contributed by atoms with Gasteiger partial charge in [-0.15, -0.1) is 0 Å². The Morgan fingerprint density at radius 1 is 1.41 bits per heavy atom. The van der Waals surface area contributed by atoms with Crippen LogP contribution >= 0.6 is 0 Å². The predicted molar refractivity (Wildman–Crippen MR) is 67.5 cm³/mol. The van der Waals surface area contributed by atoms with E-state index in [1.807, 2.05) is 0 Å². The van der Waals surface area contributed by atoms with Gasteiger partial charge in [-0.25, -0.2) is 4.39 Å². The van der Waals surface area contributed by atoms with Crippen LogP contribution in [0.25, 0.3) is 0 Å². The third kappa shape index (κ3) is 4.43. The number of amides is 1. The van der Waals surface area contributed by atoms with Crippen molar-refractivity contribution in [1.82, 2.24) is 5.32 Å². The maximum absolute atomic E-state index is 13.2. The first-order valence-electron chi connectivity index (χ1n) is 5.90. The largest absolute Gasteiger partial charge is 0.376 e. The molecule has 3 nitrogen and oxygen atoms in total. The Morgan fingerprint density at radius 3 is 2.88 bits per heavy atom. The molecule has 1 rings (SSSR count). The molecule has 0 saturated heterocycles. The molecule has 0 aliphatic carbocycles. The highest BCUT2D eigenvalue weighted by atomic mass is 19.1. The van der Waals surface area contributed by atoms with Crippen molar-refractivity contribution in [3.05, 3.63) is 29.6 Å². The molecular weight excluding hydrogens is 219 g/mol. The average Bonchev–Trinajstić information content (AvgIpc) is 2.31. The number of carbonyl (C=O) groups excluding carboxylic acids is 1. The quantitative estimate of drug-likeness (QED) is 0.747. The van der Waals surface area contributed by atoms with E-state index in [0.29, 0.717) is 17.8 Å². The summed E-state index contributed by atoms with van der Waals surface area (Å²) < 4.78 is 13.2. The number of halogens is 1. The minimum Gasteiger partial charge on any atom is -0.376 e. The number of benzene rings is 1. The van der Waals surface area contributed by atoms with E-state index in [1.54, 1.807) is 19.1 Å². The van der Waals surface area contributed by atoms with Crippen molar-refractivity contribution in [2.75, 3.05) is 18.4 Å². The lowest BCUT2D eigenvalue weighted by molar-refractivity contribution is -0.119. The Morgan fingerprint density at radius 2 is 2.18 bits per heavy atom. The summed E-state index contributed by atoms with van der Waals surface area (Å²) in [4.78, 5) is 11.4. The first-order valence-corrected chi connectivity index (χ1v) is 5.90. The molecule has 0 heterocycles. The van der Waals surface area contributed by atoms with Crippen LogP contribution in [-0.4, -0.2) is 19.0 Å². The predicted octanol–water partition coefficient (Wildman–Crippen LogP) is 2.46. The number of nitrogens with one attached hydrogen (secondary N) is 2. The van der Waals surface area contributed by atoms with E-state index < -0.39 is 0 Å². The van der Waals surface area contributed by atoms with Crippen molar-refractivity contribution in [2.45, 2.75) is 26.7 Å². The summed E-state index contributed by atoms with van der Waals surface area (Å²) in [6, 6.07) is 4.79. The van der Waals surface area contributed by atoms with E-state index in [4.69, 9.17) is 0 Å². The highest BCUT2D eigenvalue weighted by Gasteiger charge is 2.04. The SMILES string of the molecule is CCCCNC(=O)CNc1cccc(F)c1C. The van der Waals surface area contributed by atoms with Gasteiger partial charge in [-0.3, -0.25) is 4.79 Å². The molecule has 0 aromatic heterocycles. The van der Waals surface area contributed by atoms with Crippen LogP contribution in [0.15, 0.2) is 18.2 Å². The van der Waals surface area contributed by atoms with Crippen molar-refractivity contribution in [2.24, 2.45) is 0 Å². The fourth-order valence-corrected chi connectivity index (χ4v) is 1.44. The number of carbonyl (C=O) groups is 1. The van der Waals surface area contributed by atoms with Gasteiger partial charge < -0.3 is 10.6 Å². The Bertz CT molecular complexity index is 380. The van der Waals surface area contributed by atoms with Gasteiger partial charge in [0.05, 0.1) is 6.54 Å². The first-order chi connectivity index (χ1) is 8.15. The molecular formula is C13H19FN2O. The van der Waals surface area contributed by atoms with E-state index in [1.165, 1.54) is 6.07 Å². The molecule has 0 aliphatic heterocycles. The molecule has 0 radical (unpaired) electrons. The number of unbranched alkanes of at least 4 members (excludes halogenated alkanes) is 1. The third-order valence-corrected chi connectivity index (χ3v) is 2.56. The van der Waals surface area contributed by atoms with Crippen molar-refractivity contribution in [3.8, 4) is 0 Å². The number of rotatable bonds is 6. The molecule has 1 aromatic rings. The van der Waals surface area contributed by atoms with E-state index in [2.05, 4.69) is 17.6 Å². The zero-order valence-corrected chi connectivity index (χ0v) is 10.3. The van der Waals surface area contributed by atoms with Crippen molar-refractivity contribution >= 4 is 11.6 Å². The normalized spacial score (nSPS) is 10.1. The first kappa shape index (κ1) is 13.5. The van der Waals surface area contributed by atoms with Gasteiger partial charge in [0.1, 0.15) is 5.82 Å². The molecule has 17 heavy (non-hydrogen) atoms. The van der Waals surface area contributed by atoms with E-state index in [9.17, 15) is 9.18 Å². The topological polar surface area (TPSA) is 41.1 Å². The average molecular weight is 238 g/mol. The Labute approximate surface area is 101 Å². The smallest absolute Gasteiger partial charge is 0.239 e. The summed E-state index contributed by atoms with van der Waals surface area (Å²) in [6.07, 6.45) is 2.03. The van der Waals surface area contributed by atoms with Crippen LogP contribution in [0, 0.1) is 12.7 Å². The summed E-state index contributed by atoms with van der Waals surface area (Å²) in [5, 5.41) is 5.72. The molecule has 0 aliphatic rings. The van der Waals surface area contributed by atoms with Crippen LogP contribution in [-0.2, 0) is 4.79 Å². The van der Waals surface area contributed by atoms with Gasteiger partial charge in [0.2, 0.25) is 5.91 Å². The molecule has 0 bridgehead atoms. The summed E-state index contributed by atoms with van der Waals surface area (Å²) in [6.45, 7) is 4.63. The minimum absolute atomic E-state index is 0.0675. The maximum atomic E-state index is 13.2. The zero-order valence-electron chi connectivity index (χ0n) is 10.3. The number of anilines is 1. The van der Waals surface area contributed by atoms with Crippen LogP contribution in [0.1, 0.15) is 25.3 Å². The summed E-state index contributed by atoms with van der Waals surface area (Å²) >= 11 is 0. The van der Waals surface area contributed by atoms with Crippen molar-refractivity contribution in [3.63, 3.8) is 0 Å². The zero-order chi connectivity index (χ0) is 12.7. The summed E-state index contributed by atoms with van der Waals surface area (Å²) in [5.41, 5.74) is 1.20. The molecule has 0 saturated carbocycles. The van der Waals surface area contributed by atoms with Gasteiger partial charge >= 0.3 is 0 Å². The lowest BCUT2D eigenvalue weighted by Gasteiger charge is -2.10. The van der Waals surface area contributed by atoms with Gasteiger partial charge in [0, 0.05) is 17.8 Å². The van der Waals surface area contributed by atoms with Crippen LogP contribution in [0.3, 0.4) is 0 Å². The Kier molecular flexibility index (Phi) is 5.46. The molecule has 0 atom stereocenters. The van der Waals surface area contributed by atoms with Crippen LogP contribution in [0.4, 0.5) is 10.1 Å². The number of hydrogen-bond acceptors (Lipinski definition) is 2. The molecule has 4 heteroatoms. The van der Waals surface area contributed by atoms with Gasteiger partial charge in [0.25, 0.3) is 0 Å². The monoisotopic (exact) mass is 238 g/mol. The highest BCUT2D eigenvalue weighted by molar-refractivity contribution is 5.80. The Hall–Kier alpha value is -1.58. The van der Waals surface area contributed by atoms with Gasteiger partial charge in [0.15, 0.2) is 0 Å². The number of hydrogen-bond donors (Lipinski definition) is 2. The molecule has 1 aromatic carbocycles. The van der Waals surface area contributed by atoms with E-state index >= 15 is 0 Å². The molecule has 0 fully saturated rings. The minimum atomic E-state index is -0.263. The molecule has 2 N–H and O–H groups in total. The summed E-state index contributed by atoms with van der Waals surface area (Å²) in [5.74, 6) is -0.330. The molecule has 94 valence electrons. The molecule has 0 unspecified atom stereocenters. The fraction of sp³-hybridized carbons (Fsp3) is 0.462. The van der Waals surface area contributed by atoms with E-state index in [0.717, 1.165) is 12.8 Å². The summed E-state index contributed by atoms with van der Waals surface area (Å²) in [7, 11) is 0. The third-order valence-electron chi connectivity index (χ3n) is 2.56. The van der Waals surface area contributed by atoms with E-state index in [-0.39, 0.29) is 18.3 Å². The second-order valence-electron chi connectivity index (χ2n) is 3.97. The van der Waals surface area contributed by atoms with Gasteiger partial charge in [-0.1, -0.05) is 19.4 Å². The van der Waals surface area contributed by atoms with Crippen molar-refractivity contribution < 1.29 is 9.18 Å². The van der Waals surface area contributed by atoms with Gasteiger partial charge in [-0.2, -0.15) is 0 Å². The lowest BCUT2D eigenvalue weighted by Crippen LogP contribution is -2.30. The van der Waals surface area contributed by atoms with Crippen LogP contribution in [0.2, 0.25) is 0 Å². The van der Waals surface area contributed by atoms with Gasteiger partial charge in [-0.05, 0) is 25.5 Å². The Balaban J connectivity index is 2.39. The van der Waals surface area contributed by atoms with Crippen LogP contribution < -0.4 is 10.6 Å². The maximum Gasteiger partial charge on any atom is 0.239 e. The second-order valence-corrected chi connectivity index (χ2v) is 3.97. The molecule has 0 spiro atoms. The fourth-order valence-electron chi connectivity index (χ4n) is 1.44. The lowest BCUT2D eigenvalue weighted by atomic mass is 10.2.